The molecule has 0 radical (unpaired) electrons. The van der Waals surface area contributed by atoms with Crippen LogP contribution in [0.5, 0.6) is 11.5 Å². The maximum Gasteiger partial charge on any atom is 0.337 e. The lowest BCUT2D eigenvalue weighted by Crippen LogP contribution is -2.23. The third-order valence-electron chi connectivity index (χ3n) is 5.60. The summed E-state index contributed by atoms with van der Waals surface area (Å²) >= 11 is 7.69. The van der Waals surface area contributed by atoms with Gasteiger partial charge in [0.15, 0.2) is 16.7 Å². The fourth-order valence-electron chi connectivity index (χ4n) is 3.54. The largest absolute Gasteiger partial charge is 0.493 e. The number of hydrogen-bond donors (Lipinski definition) is 0. The van der Waals surface area contributed by atoms with Crippen molar-refractivity contribution in [3.63, 3.8) is 0 Å². The molecule has 1 aliphatic rings. The van der Waals surface area contributed by atoms with Crippen molar-refractivity contribution in [2.75, 3.05) is 21.3 Å². The highest BCUT2D eigenvalue weighted by Crippen LogP contribution is 2.39. The van der Waals surface area contributed by atoms with Crippen molar-refractivity contribution in [2.45, 2.75) is 6.61 Å². The molecule has 0 spiro atoms. The van der Waals surface area contributed by atoms with Crippen molar-refractivity contribution in [3.8, 4) is 11.5 Å². The molecule has 0 aromatic heterocycles. The third-order valence-corrected chi connectivity index (χ3v) is 6.94. The third kappa shape index (κ3) is 6.39. The fourth-order valence-corrected chi connectivity index (χ4v) is 4.80. The van der Waals surface area contributed by atoms with Crippen LogP contribution in [0.15, 0.2) is 70.6 Å². The summed E-state index contributed by atoms with van der Waals surface area (Å²) in [7, 11) is 4.41. The number of amides is 1. The van der Waals surface area contributed by atoms with Gasteiger partial charge in [0.1, 0.15) is 6.61 Å². The SMILES string of the molecule is COC(=O)c1ccc(N=C2SC(=Cc3cc(Cl)c(OCc4ccc([N+](=O)[O-])cc4)c(OC)c3)C(=O)N2C)cc1. The number of amidine groups is 1. The summed E-state index contributed by atoms with van der Waals surface area (Å²) in [6.07, 6.45) is 1.68. The van der Waals surface area contributed by atoms with E-state index in [9.17, 15) is 19.7 Å². The number of non-ortho nitro benzene ring substituents is 1. The molecule has 1 fully saturated rings. The molecular formula is C27H22ClN3O7S. The van der Waals surface area contributed by atoms with Gasteiger partial charge in [-0.2, -0.15) is 0 Å². The number of nitro benzene ring substituents is 1. The van der Waals surface area contributed by atoms with E-state index in [0.717, 1.165) is 0 Å². The van der Waals surface area contributed by atoms with Crippen LogP contribution in [-0.4, -0.2) is 48.1 Å². The van der Waals surface area contributed by atoms with E-state index in [4.69, 9.17) is 25.8 Å². The van der Waals surface area contributed by atoms with Gasteiger partial charge in [-0.05, 0) is 77.5 Å². The number of halogens is 1. The van der Waals surface area contributed by atoms with Crippen LogP contribution in [0.1, 0.15) is 21.5 Å². The van der Waals surface area contributed by atoms with Gasteiger partial charge in [-0.15, -0.1) is 0 Å². The lowest BCUT2D eigenvalue weighted by atomic mass is 10.1. The molecule has 200 valence electrons. The highest BCUT2D eigenvalue weighted by atomic mass is 35.5. The quantitative estimate of drug-likeness (QED) is 0.144. The number of carbonyl (C=O) groups excluding carboxylic acids is 2. The number of ether oxygens (including phenoxy) is 3. The molecule has 0 N–H and O–H groups in total. The molecule has 4 rings (SSSR count). The zero-order valence-corrected chi connectivity index (χ0v) is 22.6. The van der Waals surface area contributed by atoms with Crippen LogP contribution in [0.2, 0.25) is 5.02 Å². The number of carbonyl (C=O) groups is 2. The van der Waals surface area contributed by atoms with Crippen LogP contribution in [0.3, 0.4) is 0 Å². The molecule has 0 unspecified atom stereocenters. The van der Waals surface area contributed by atoms with Crippen molar-refractivity contribution >= 4 is 57.9 Å². The Balaban J connectivity index is 1.52. The maximum absolute atomic E-state index is 12.9. The van der Waals surface area contributed by atoms with E-state index in [2.05, 4.69) is 4.99 Å². The first kappa shape index (κ1) is 27.7. The first-order valence-electron chi connectivity index (χ1n) is 11.4. The van der Waals surface area contributed by atoms with E-state index in [0.29, 0.717) is 43.9 Å². The van der Waals surface area contributed by atoms with Crippen LogP contribution < -0.4 is 9.47 Å². The summed E-state index contributed by atoms with van der Waals surface area (Å²) in [5.74, 6) is -0.0168. The Kier molecular flexibility index (Phi) is 8.52. The summed E-state index contributed by atoms with van der Waals surface area (Å²) in [6.45, 7) is 0.119. The number of methoxy groups -OCH3 is 2. The zero-order valence-electron chi connectivity index (χ0n) is 21.0. The molecule has 0 saturated carbocycles. The Morgan fingerprint density at radius 2 is 1.82 bits per heavy atom. The monoisotopic (exact) mass is 567 g/mol. The summed E-state index contributed by atoms with van der Waals surface area (Å²) in [4.78, 5) is 41.3. The first-order chi connectivity index (χ1) is 18.7. The summed E-state index contributed by atoms with van der Waals surface area (Å²) in [6, 6.07) is 15.9. The average molecular weight is 568 g/mol. The Hall–Kier alpha value is -4.35. The number of thioether (sulfide) groups is 1. The fraction of sp³-hybridized carbons (Fsp3) is 0.148. The van der Waals surface area contributed by atoms with Gasteiger partial charge < -0.3 is 14.2 Å². The Labute approximate surface area is 233 Å². The van der Waals surface area contributed by atoms with E-state index in [1.807, 2.05) is 0 Å². The Morgan fingerprint density at radius 1 is 1.13 bits per heavy atom. The molecular weight excluding hydrogens is 546 g/mol. The van der Waals surface area contributed by atoms with E-state index in [1.165, 1.54) is 43.0 Å². The van der Waals surface area contributed by atoms with Crippen molar-refractivity contribution in [1.82, 2.24) is 4.90 Å². The molecule has 3 aromatic carbocycles. The maximum atomic E-state index is 12.9. The van der Waals surface area contributed by atoms with Gasteiger partial charge in [0.2, 0.25) is 0 Å². The van der Waals surface area contributed by atoms with E-state index < -0.39 is 10.9 Å². The van der Waals surface area contributed by atoms with Crippen LogP contribution in [-0.2, 0) is 16.1 Å². The van der Waals surface area contributed by atoms with Gasteiger partial charge in [-0.3, -0.25) is 19.8 Å². The number of aliphatic imine (C=N–C) groups is 1. The molecule has 0 atom stereocenters. The number of benzene rings is 3. The van der Waals surface area contributed by atoms with Gasteiger partial charge in [0.25, 0.3) is 11.6 Å². The topological polar surface area (TPSA) is 121 Å². The lowest BCUT2D eigenvalue weighted by Gasteiger charge is -2.13. The predicted octanol–water partition coefficient (Wildman–Crippen LogP) is 5.86. The van der Waals surface area contributed by atoms with Crippen LogP contribution in [0.25, 0.3) is 6.08 Å². The molecule has 0 aliphatic carbocycles. The molecule has 0 bridgehead atoms. The molecule has 1 aliphatic heterocycles. The minimum atomic E-state index is -0.471. The molecule has 3 aromatic rings. The highest BCUT2D eigenvalue weighted by molar-refractivity contribution is 8.18. The second-order valence-electron chi connectivity index (χ2n) is 8.15. The Bertz CT molecular complexity index is 1490. The van der Waals surface area contributed by atoms with E-state index >= 15 is 0 Å². The molecule has 12 heteroatoms. The number of esters is 1. The van der Waals surface area contributed by atoms with Gasteiger partial charge in [0.05, 0.1) is 40.3 Å². The number of likely N-dealkylation sites (N-methyl/N-ethyl adjacent to an activating group) is 1. The Morgan fingerprint density at radius 3 is 2.44 bits per heavy atom. The van der Waals surface area contributed by atoms with Crippen LogP contribution in [0, 0.1) is 10.1 Å². The first-order valence-corrected chi connectivity index (χ1v) is 12.6. The zero-order chi connectivity index (χ0) is 28.1. The van der Waals surface area contributed by atoms with Crippen molar-refractivity contribution in [3.05, 3.63) is 97.4 Å². The van der Waals surface area contributed by atoms with E-state index in [1.54, 1.807) is 61.7 Å². The van der Waals surface area contributed by atoms with Crippen LogP contribution >= 0.6 is 23.4 Å². The van der Waals surface area contributed by atoms with Gasteiger partial charge in [-0.25, -0.2) is 9.79 Å². The molecule has 1 saturated heterocycles. The number of nitro groups is 1. The second-order valence-corrected chi connectivity index (χ2v) is 9.57. The number of rotatable bonds is 8. The van der Waals surface area contributed by atoms with Gasteiger partial charge >= 0.3 is 5.97 Å². The molecule has 39 heavy (non-hydrogen) atoms. The minimum absolute atomic E-state index is 0.0126. The number of nitrogens with zero attached hydrogens (tertiary/aromatic N) is 3. The van der Waals surface area contributed by atoms with Crippen molar-refractivity contribution < 1.29 is 28.7 Å². The summed E-state index contributed by atoms with van der Waals surface area (Å²) in [5.41, 5.74) is 2.29. The average Bonchev–Trinajstić information content (AvgIpc) is 3.19. The number of hydrogen-bond acceptors (Lipinski definition) is 9. The molecule has 1 heterocycles. The molecule has 10 nitrogen and oxygen atoms in total. The predicted molar refractivity (Wildman–Crippen MR) is 149 cm³/mol. The summed E-state index contributed by atoms with van der Waals surface area (Å²) in [5, 5.41) is 11.6. The van der Waals surface area contributed by atoms with Gasteiger partial charge in [-0.1, -0.05) is 11.6 Å². The highest BCUT2D eigenvalue weighted by Gasteiger charge is 2.30. The minimum Gasteiger partial charge on any atom is -0.493 e. The van der Waals surface area contributed by atoms with Crippen LogP contribution in [0.4, 0.5) is 11.4 Å². The second kappa shape index (κ2) is 12.0. The standard InChI is InChI=1S/C27H22ClN3O7S/c1-30-25(32)23(39-27(30)29-19-8-6-18(7-9-19)26(33)37-3)14-17-12-21(28)24(22(13-17)36-2)38-15-16-4-10-20(11-5-16)31(34)35/h4-14H,15H2,1-3H3. The smallest absolute Gasteiger partial charge is 0.337 e. The normalized spacial score (nSPS) is 15.1. The van der Waals surface area contributed by atoms with E-state index in [-0.39, 0.29) is 23.2 Å². The van der Waals surface area contributed by atoms with Crippen molar-refractivity contribution in [1.29, 1.82) is 0 Å². The lowest BCUT2D eigenvalue weighted by molar-refractivity contribution is -0.384. The van der Waals surface area contributed by atoms with Gasteiger partial charge in [0, 0.05) is 19.2 Å². The molecule has 1 amide bonds. The van der Waals surface area contributed by atoms with Crippen molar-refractivity contribution in [2.24, 2.45) is 4.99 Å². The summed E-state index contributed by atoms with van der Waals surface area (Å²) < 4.78 is 16.0.